The van der Waals surface area contributed by atoms with Crippen molar-refractivity contribution in [2.45, 2.75) is 0 Å². The molecule has 0 amide bonds. The van der Waals surface area contributed by atoms with Crippen molar-refractivity contribution in [2.24, 2.45) is 0 Å². The number of anilines is 1. The first-order valence-electron chi connectivity index (χ1n) is 5.78. The summed E-state index contributed by atoms with van der Waals surface area (Å²) in [6.45, 7) is 1.59. The highest BCUT2D eigenvalue weighted by Crippen LogP contribution is 2.24. The first-order chi connectivity index (χ1) is 8.38. The average molecular weight is 227 g/mol. The summed E-state index contributed by atoms with van der Waals surface area (Å²) in [5.41, 5.74) is 1.15. The lowest BCUT2D eigenvalue weighted by Gasteiger charge is -2.20. The van der Waals surface area contributed by atoms with E-state index >= 15 is 0 Å². The van der Waals surface area contributed by atoms with Gasteiger partial charge in [-0.15, -0.1) is 0 Å². The molecule has 86 valence electrons. The second kappa shape index (κ2) is 4.39. The standard InChI is InChI=1S/C13H14BNO2/c1-16-14-15(8-9-17-14)13-7-6-11-4-2-3-5-12(11)10-13/h2-7,10H,8-9H2,1H3. The van der Waals surface area contributed by atoms with Crippen LogP contribution in [0.5, 0.6) is 0 Å². The number of nitrogens with zero attached hydrogens (tertiary/aromatic N) is 1. The molecule has 2 aromatic rings. The summed E-state index contributed by atoms with van der Waals surface area (Å²) in [7, 11) is 1.42. The van der Waals surface area contributed by atoms with Crippen LogP contribution in [0.25, 0.3) is 10.8 Å². The second-order valence-corrected chi connectivity index (χ2v) is 4.14. The molecule has 3 nitrogen and oxygen atoms in total. The molecule has 3 rings (SSSR count). The number of fused-ring (bicyclic) bond motifs is 1. The summed E-state index contributed by atoms with van der Waals surface area (Å²) in [5.74, 6) is 0. The second-order valence-electron chi connectivity index (χ2n) is 4.14. The Balaban J connectivity index is 2.00. The molecule has 0 aliphatic carbocycles. The van der Waals surface area contributed by atoms with Gasteiger partial charge in [-0.05, 0) is 22.9 Å². The van der Waals surface area contributed by atoms with Crippen LogP contribution in [0.2, 0.25) is 0 Å². The van der Waals surface area contributed by atoms with Gasteiger partial charge in [0.1, 0.15) is 0 Å². The molecule has 0 aromatic heterocycles. The molecular weight excluding hydrogens is 213 g/mol. The molecule has 0 N–H and O–H groups in total. The molecule has 0 bridgehead atoms. The SMILES string of the molecule is COB1OCCN1c1ccc2ccccc2c1. The quantitative estimate of drug-likeness (QED) is 0.734. The van der Waals surface area contributed by atoms with Gasteiger partial charge in [0.25, 0.3) is 0 Å². The molecule has 1 aliphatic rings. The highest BCUT2D eigenvalue weighted by Gasteiger charge is 2.33. The summed E-state index contributed by atoms with van der Waals surface area (Å²) in [6.07, 6.45) is 0. The highest BCUT2D eigenvalue weighted by molar-refractivity contribution is 6.50. The maximum absolute atomic E-state index is 5.48. The first-order valence-corrected chi connectivity index (χ1v) is 5.78. The van der Waals surface area contributed by atoms with Gasteiger partial charge in [-0.25, -0.2) is 0 Å². The number of hydrogen-bond acceptors (Lipinski definition) is 3. The van der Waals surface area contributed by atoms with Crippen LogP contribution in [-0.2, 0) is 9.31 Å². The van der Waals surface area contributed by atoms with Gasteiger partial charge in [-0.1, -0.05) is 30.3 Å². The lowest BCUT2D eigenvalue weighted by Crippen LogP contribution is -2.36. The molecule has 0 unspecified atom stereocenters. The zero-order chi connectivity index (χ0) is 11.7. The highest BCUT2D eigenvalue weighted by atomic mass is 16.6. The Morgan fingerprint density at radius 3 is 2.82 bits per heavy atom. The van der Waals surface area contributed by atoms with Gasteiger partial charge in [0.05, 0.1) is 0 Å². The topological polar surface area (TPSA) is 21.7 Å². The Morgan fingerprint density at radius 2 is 2.00 bits per heavy atom. The lowest BCUT2D eigenvalue weighted by molar-refractivity contribution is 0.268. The van der Waals surface area contributed by atoms with E-state index in [9.17, 15) is 0 Å². The molecule has 1 heterocycles. The average Bonchev–Trinajstić information content (AvgIpc) is 2.86. The van der Waals surface area contributed by atoms with Crippen molar-refractivity contribution in [2.75, 3.05) is 25.1 Å². The Kier molecular flexibility index (Phi) is 2.75. The van der Waals surface area contributed by atoms with Gasteiger partial charge < -0.3 is 14.1 Å². The zero-order valence-corrected chi connectivity index (χ0v) is 9.80. The van der Waals surface area contributed by atoms with Crippen molar-refractivity contribution in [3.63, 3.8) is 0 Å². The van der Waals surface area contributed by atoms with Gasteiger partial charge in [0, 0.05) is 25.9 Å². The summed E-state index contributed by atoms with van der Waals surface area (Å²) in [4.78, 5) is 2.13. The Labute approximate surface area is 101 Å². The molecular formula is C13H14BNO2. The lowest BCUT2D eigenvalue weighted by atomic mass is 10.0. The number of benzene rings is 2. The minimum Gasteiger partial charge on any atom is -0.395 e. The smallest absolute Gasteiger partial charge is 0.395 e. The molecule has 1 aliphatic heterocycles. The summed E-state index contributed by atoms with van der Waals surface area (Å²) in [6, 6.07) is 14.8. The fourth-order valence-corrected chi connectivity index (χ4v) is 2.25. The maximum atomic E-state index is 5.48. The van der Waals surface area contributed by atoms with E-state index in [1.807, 2.05) is 0 Å². The molecule has 17 heavy (non-hydrogen) atoms. The third-order valence-electron chi connectivity index (χ3n) is 3.11. The molecule has 4 heteroatoms. The van der Waals surface area contributed by atoms with E-state index in [1.54, 1.807) is 7.11 Å². The molecule has 1 fully saturated rings. The van der Waals surface area contributed by atoms with E-state index in [4.69, 9.17) is 9.31 Å². The van der Waals surface area contributed by atoms with E-state index in [2.05, 4.69) is 47.3 Å². The fraction of sp³-hybridized carbons (Fsp3) is 0.231. The molecule has 0 atom stereocenters. The fourth-order valence-electron chi connectivity index (χ4n) is 2.25. The van der Waals surface area contributed by atoms with Crippen LogP contribution in [0.4, 0.5) is 5.69 Å². The first kappa shape index (κ1) is 10.6. The van der Waals surface area contributed by atoms with Crippen molar-refractivity contribution >= 4 is 23.7 Å². The minimum absolute atomic E-state index is 0.254. The molecule has 0 saturated carbocycles. The number of hydrogen-bond donors (Lipinski definition) is 0. The molecule has 1 saturated heterocycles. The predicted molar refractivity (Wildman–Crippen MR) is 70.0 cm³/mol. The van der Waals surface area contributed by atoms with Crippen LogP contribution >= 0.6 is 0 Å². The van der Waals surface area contributed by atoms with Crippen LogP contribution in [0.3, 0.4) is 0 Å². The Hall–Kier alpha value is -1.52. The van der Waals surface area contributed by atoms with Gasteiger partial charge in [-0.2, -0.15) is 0 Å². The number of rotatable bonds is 2. The van der Waals surface area contributed by atoms with Gasteiger partial charge in [0.2, 0.25) is 0 Å². The van der Waals surface area contributed by atoms with Crippen LogP contribution in [0, 0.1) is 0 Å². The van der Waals surface area contributed by atoms with Gasteiger partial charge in [0.15, 0.2) is 0 Å². The van der Waals surface area contributed by atoms with E-state index in [0.717, 1.165) is 12.2 Å². The van der Waals surface area contributed by atoms with E-state index in [-0.39, 0.29) is 7.25 Å². The summed E-state index contributed by atoms with van der Waals surface area (Å²) in [5, 5.41) is 2.50. The van der Waals surface area contributed by atoms with Crippen molar-refractivity contribution < 1.29 is 9.31 Å². The van der Waals surface area contributed by atoms with Gasteiger partial charge in [-0.3, -0.25) is 0 Å². The van der Waals surface area contributed by atoms with Crippen molar-refractivity contribution in [3.8, 4) is 0 Å². The van der Waals surface area contributed by atoms with Crippen LogP contribution in [-0.4, -0.2) is 27.5 Å². The van der Waals surface area contributed by atoms with Crippen LogP contribution < -0.4 is 4.81 Å². The summed E-state index contributed by atoms with van der Waals surface area (Å²) < 4.78 is 10.8. The third-order valence-corrected chi connectivity index (χ3v) is 3.11. The van der Waals surface area contributed by atoms with Gasteiger partial charge >= 0.3 is 7.25 Å². The Bertz CT molecular complexity index is 532. The molecule has 0 spiro atoms. The van der Waals surface area contributed by atoms with E-state index < -0.39 is 0 Å². The zero-order valence-electron chi connectivity index (χ0n) is 9.80. The van der Waals surface area contributed by atoms with Crippen LogP contribution in [0.15, 0.2) is 42.5 Å². The summed E-state index contributed by atoms with van der Waals surface area (Å²) >= 11 is 0. The largest absolute Gasteiger partial charge is 0.593 e. The van der Waals surface area contributed by atoms with E-state index in [1.165, 1.54) is 10.8 Å². The van der Waals surface area contributed by atoms with Crippen molar-refractivity contribution in [1.82, 2.24) is 0 Å². The molecule has 0 radical (unpaired) electrons. The minimum atomic E-state index is -0.254. The normalized spacial score (nSPS) is 15.8. The predicted octanol–water partition coefficient (Wildman–Crippen LogP) is 2.31. The Morgan fingerprint density at radius 1 is 1.18 bits per heavy atom. The van der Waals surface area contributed by atoms with Crippen molar-refractivity contribution in [3.05, 3.63) is 42.5 Å². The van der Waals surface area contributed by atoms with E-state index in [0.29, 0.717) is 6.61 Å². The third kappa shape index (κ3) is 1.90. The maximum Gasteiger partial charge on any atom is 0.593 e. The van der Waals surface area contributed by atoms with Crippen molar-refractivity contribution in [1.29, 1.82) is 0 Å². The molecule has 2 aromatic carbocycles. The monoisotopic (exact) mass is 227 g/mol. The van der Waals surface area contributed by atoms with Crippen LogP contribution in [0.1, 0.15) is 0 Å².